The van der Waals surface area contributed by atoms with Gasteiger partial charge in [0, 0.05) is 0 Å². The zero-order chi connectivity index (χ0) is 11.4. The van der Waals surface area contributed by atoms with E-state index in [0.29, 0.717) is 16.5 Å². The zero-order valence-corrected chi connectivity index (χ0v) is 11.4. The highest BCUT2D eigenvalue weighted by Crippen LogP contribution is 2.27. The molecule has 0 radical (unpaired) electrons. The molecule has 2 nitrogen and oxygen atoms in total. The van der Waals surface area contributed by atoms with E-state index < -0.39 is 12.1 Å². The maximum atomic E-state index is 13.2. The molecule has 16 heavy (non-hydrogen) atoms. The Bertz CT molecular complexity index is 338. The quantitative estimate of drug-likeness (QED) is 0.897. The number of halogens is 3. The molecular formula is C11H16BrClFNO. The zero-order valence-electron chi connectivity index (χ0n) is 8.99. The van der Waals surface area contributed by atoms with Gasteiger partial charge in [-0.25, -0.2) is 4.39 Å². The fraction of sp³-hybridized carbons (Fsp3) is 0.455. The molecule has 3 N–H and O–H groups in total. The molecule has 1 aromatic carbocycles. The van der Waals surface area contributed by atoms with Crippen LogP contribution >= 0.6 is 28.3 Å². The highest BCUT2D eigenvalue weighted by Gasteiger charge is 2.19. The minimum Gasteiger partial charge on any atom is -0.391 e. The van der Waals surface area contributed by atoms with E-state index in [1.165, 1.54) is 6.07 Å². The Kier molecular flexibility index (Phi) is 7.15. The molecule has 0 aromatic heterocycles. The van der Waals surface area contributed by atoms with Gasteiger partial charge < -0.3 is 10.8 Å². The van der Waals surface area contributed by atoms with Gasteiger partial charge in [-0.1, -0.05) is 25.5 Å². The van der Waals surface area contributed by atoms with Crippen LogP contribution in [0.1, 0.15) is 31.4 Å². The third-order valence-electron chi connectivity index (χ3n) is 2.34. The van der Waals surface area contributed by atoms with Crippen molar-refractivity contribution in [3.63, 3.8) is 0 Å². The van der Waals surface area contributed by atoms with Gasteiger partial charge in [-0.3, -0.25) is 0 Å². The van der Waals surface area contributed by atoms with Gasteiger partial charge in [-0.15, -0.1) is 12.4 Å². The largest absolute Gasteiger partial charge is 0.391 e. The van der Waals surface area contributed by atoms with Crippen LogP contribution in [0.25, 0.3) is 0 Å². The maximum Gasteiger partial charge on any atom is 0.137 e. The summed E-state index contributed by atoms with van der Waals surface area (Å²) in [6.45, 7) is 1.97. The van der Waals surface area contributed by atoms with Gasteiger partial charge in [-0.05, 0) is 34.0 Å². The first-order chi connectivity index (χ1) is 7.07. The van der Waals surface area contributed by atoms with Gasteiger partial charge in [0.15, 0.2) is 0 Å². The van der Waals surface area contributed by atoms with Crippen molar-refractivity contribution in [2.45, 2.75) is 31.9 Å². The molecule has 0 heterocycles. The third kappa shape index (κ3) is 3.70. The summed E-state index contributed by atoms with van der Waals surface area (Å²) in [6, 6.07) is 4.12. The van der Waals surface area contributed by atoms with Gasteiger partial charge in [0.2, 0.25) is 0 Å². The Morgan fingerprint density at radius 3 is 2.69 bits per heavy atom. The van der Waals surface area contributed by atoms with Crippen LogP contribution in [-0.4, -0.2) is 11.2 Å². The van der Waals surface area contributed by atoms with Crippen molar-refractivity contribution in [1.82, 2.24) is 0 Å². The molecule has 2 atom stereocenters. The first kappa shape index (κ1) is 15.8. The fourth-order valence-corrected chi connectivity index (χ4v) is 1.99. The van der Waals surface area contributed by atoms with Gasteiger partial charge >= 0.3 is 0 Å². The molecule has 1 rings (SSSR count). The van der Waals surface area contributed by atoms with E-state index in [4.69, 9.17) is 5.73 Å². The molecule has 5 heteroatoms. The monoisotopic (exact) mass is 311 g/mol. The van der Waals surface area contributed by atoms with Crippen LogP contribution in [0, 0.1) is 5.82 Å². The van der Waals surface area contributed by atoms with Crippen LogP contribution in [0.3, 0.4) is 0 Å². The molecule has 0 saturated heterocycles. The van der Waals surface area contributed by atoms with Crippen molar-refractivity contribution in [1.29, 1.82) is 0 Å². The molecule has 0 saturated carbocycles. The first-order valence-corrected chi connectivity index (χ1v) is 5.74. The van der Waals surface area contributed by atoms with E-state index in [0.717, 1.165) is 6.42 Å². The lowest BCUT2D eigenvalue weighted by Gasteiger charge is -2.19. The minimum absolute atomic E-state index is 0. The summed E-state index contributed by atoms with van der Waals surface area (Å²) in [7, 11) is 0. The van der Waals surface area contributed by atoms with Crippen molar-refractivity contribution in [2.75, 3.05) is 0 Å². The highest BCUT2D eigenvalue weighted by molar-refractivity contribution is 9.10. The standard InChI is InChI=1S/C11H15BrFNO.ClH/c1-2-4-9(15)11(14)7-5-3-6-8(13)10(7)12;/h3,5-6,9,11,15H,2,4,14H2,1H3;1H/t9-,11+;/m0./s1. The number of nitrogens with two attached hydrogens (primary N) is 1. The predicted molar refractivity (Wildman–Crippen MR) is 69.2 cm³/mol. The SMILES string of the molecule is CCC[C@H](O)[C@H](N)c1cccc(F)c1Br.Cl. The van der Waals surface area contributed by atoms with Gasteiger partial charge in [0.1, 0.15) is 5.82 Å². The van der Waals surface area contributed by atoms with E-state index >= 15 is 0 Å². The third-order valence-corrected chi connectivity index (χ3v) is 3.18. The molecule has 0 aliphatic carbocycles. The molecule has 0 aliphatic rings. The lowest BCUT2D eigenvalue weighted by atomic mass is 9.99. The normalized spacial score (nSPS) is 14.1. The predicted octanol–water partition coefficient (Wildman–Crippen LogP) is 3.17. The fourth-order valence-electron chi connectivity index (χ4n) is 1.46. The molecular weight excluding hydrogens is 296 g/mol. The van der Waals surface area contributed by atoms with Crippen LogP contribution in [0.2, 0.25) is 0 Å². The highest BCUT2D eigenvalue weighted by atomic mass is 79.9. The maximum absolute atomic E-state index is 13.2. The van der Waals surface area contributed by atoms with E-state index in [1.54, 1.807) is 12.1 Å². The van der Waals surface area contributed by atoms with E-state index in [1.807, 2.05) is 6.92 Å². The smallest absolute Gasteiger partial charge is 0.137 e. The molecule has 92 valence electrons. The van der Waals surface area contributed by atoms with Crippen LogP contribution in [0.5, 0.6) is 0 Å². The molecule has 0 aliphatic heterocycles. The Balaban J connectivity index is 0.00000225. The lowest BCUT2D eigenvalue weighted by Crippen LogP contribution is -2.26. The van der Waals surface area contributed by atoms with Gasteiger partial charge in [0.05, 0.1) is 16.6 Å². The second-order valence-electron chi connectivity index (χ2n) is 3.52. The van der Waals surface area contributed by atoms with E-state index in [9.17, 15) is 9.50 Å². The second-order valence-corrected chi connectivity index (χ2v) is 4.32. The van der Waals surface area contributed by atoms with Gasteiger partial charge in [-0.2, -0.15) is 0 Å². The molecule has 0 unspecified atom stereocenters. The Labute approximate surface area is 110 Å². The first-order valence-electron chi connectivity index (χ1n) is 4.95. The summed E-state index contributed by atoms with van der Waals surface area (Å²) in [5.41, 5.74) is 6.46. The Morgan fingerprint density at radius 1 is 1.50 bits per heavy atom. The van der Waals surface area contributed by atoms with Crippen LogP contribution in [0.4, 0.5) is 4.39 Å². The van der Waals surface area contributed by atoms with Crippen LogP contribution in [-0.2, 0) is 0 Å². The lowest BCUT2D eigenvalue weighted by molar-refractivity contribution is 0.134. The molecule has 0 fully saturated rings. The van der Waals surface area contributed by atoms with Crippen molar-refractivity contribution < 1.29 is 9.50 Å². The summed E-state index contributed by atoms with van der Waals surface area (Å²) in [6.07, 6.45) is 0.833. The molecule has 0 bridgehead atoms. The Hall–Kier alpha value is -0.160. The molecule has 0 amide bonds. The molecule has 1 aromatic rings. The second kappa shape index (κ2) is 7.22. The summed E-state index contributed by atoms with van der Waals surface area (Å²) in [4.78, 5) is 0. The average Bonchev–Trinajstić information content (AvgIpc) is 2.21. The number of rotatable bonds is 4. The minimum atomic E-state index is -0.631. The van der Waals surface area contributed by atoms with Crippen molar-refractivity contribution in [3.8, 4) is 0 Å². The summed E-state index contributed by atoms with van der Waals surface area (Å²) < 4.78 is 13.5. The number of aliphatic hydroxyl groups excluding tert-OH is 1. The topological polar surface area (TPSA) is 46.2 Å². The number of hydrogen-bond acceptors (Lipinski definition) is 2. The summed E-state index contributed by atoms with van der Waals surface area (Å²) in [5, 5.41) is 9.72. The summed E-state index contributed by atoms with van der Waals surface area (Å²) in [5.74, 6) is -0.355. The van der Waals surface area contributed by atoms with Crippen molar-refractivity contribution in [2.24, 2.45) is 5.73 Å². The number of aliphatic hydroxyl groups is 1. The van der Waals surface area contributed by atoms with Crippen molar-refractivity contribution >= 4 is 28.3 Å². The van der Waals surface area contributed by atoms with Crippen LogP contribution < -0.4 is 5.73 Å². The Morgan fingerprint density at radius 2 is 2.12 bits per heavy atom. The van der Waals surface area contributed by atoms with Gasteiger partial charge in [0.25, 0.3) is 0 Å². The summed E-state index contributed by atoms with van der Waals surface area (Å²) >= 11 is 3.13. The number of hydrogen-bond donors (Lipinski definition) is 2. The average molecular weight is 313 g/mol. The van der Waals surface area contributed by atoms with E-state index in [-0.39, 0.29) is 18.2 Å². The number of benzene rings is 1. The molecule has 0 spiro atoms. The van der Waals surface area contributed by atoms with E-state index in [2.05, 4.69) is 15.9 Å². The van der Waals surface area contributed by atoms with Crippen LogP contribution in [0.15, 0.2) is 22.7 Å². The van der Waals surface area contributed by atoms with Crippen molar-refractivity contribution in [3.05, 3.63) is 34.1 Å².